The third-order valence-corrected chi connectivity index (χ3v) is 3.06. The molecule has 1 atom stereocenters. The first-order valence-corrected chi connectivity index (χ1v) is 5.52. The van der Waals surface area contributed by atoms with Crippen LogP contribution in [-0.2, 0) is 0 Å². The van der Waals surface area contributed by atoms with E-state index in [1.807, 2.05) is 0 Å². The van der Waals surface area contributed by atoms with Gasteiger partial charge in [0.1, 0.15) is 11.6 Å². The zero-order valence-corrected chi connectivity index (χ0v) is 10.8. The Morgan fingerprint density at radius 2 is 2.17 bits per heavy atom. The maximum absolute atomic E-state index is 13.4. The summed E-state index contributed by atoms with van der Waals surface area (Å²) in [7, 11) is 1.64. The molecule has 1 aliphatic rings. The summed E-state index contributed by atoms with van der Waals surface area (Å²) < 4.78 is 26.2. The lowest BCUT2D eigenvalue weighted by molar-refractivity contribution is 0.0739. The Balaban J connectivity index is 0.00000162. The number of amides is 1. The van der Waals surface area contributed by atoms with Gasteiger partial charge in [-0.3, -0.25) is 4.79 Å². The van der Waals surface area contributed by atoms with Crippen LogP contribution in [0, 0.1) is 11.6 Å². The summed E-state index contributed by atoms with van der Waals surface area (Å²) in [5.74, 6) is -1.90. The Morgan fingerprint density at radius 3 is 2.72 bits per heavy atom. The number of hydrogen-bond acceptors (Lipinski definition) is 2. The number of halogens is 3. The molecule has 1 fully saturated rings. The molecule has 0 aromatic heterocycles. The Kier molecular flexibility index (Phi) is 5.04. The summed E-state index contributed by atoms with van der Waals surface area (Å²) >= 11 is 0. The van der Waals surface area contributed by atoms with E-state index < -0.39 is 17.5 Å². The fraction of sp³-hybridized carbons (Fsp3) is 0.417. The monoisotopic (exact) mass is 276 g/mol. The number of nitrogens with one attached hydrogen (secondary N) is 1. The quantitative estimate of drug-likeness (QED) is 0.894. The molecular weight excluding hydrogens is 262 g/mol. The highest BCUT2D eigenvalue weighted by molar-refractivity contribution is 5.94. The van der Waals surface area contributed by atoms with Gasteiger partial charge in [-0.25, -0.2) is 8.78 Å². The van der Waals surface area contributed by atoms with Crippen molar-refractivity contribution in [3.63, 3.8) is 0 Å². The average Bonchev–Trinajstić information content (AvgIpc) is 2.80. The molecule has 1 N–H and O–H groups in total. The SMILES string of the molecule is CN(C(=O)c1ccc(F)cc1F)[C@@H]1CCNC1.Cl. The second-order valence-electron chi connectivity index (χ2n) is 4.19. The van der Waals surface area contributed by atoms with Gasteiger partial charge in [0.15, 0.2) is 0 Å². The third-order valence-electron chi connectivity index (χ3n) is 3.06. The highest BCUT2D eigenvalue weighted by atomic mass is 35.5. The fourth-order valence-electron chi connectivity index (χ4n) is 1.99. The lowest BCUT2D eigenvalue weighted by atomic mass is 10.1. The number of benzene rings is 1. The smallest absolute Gasteiger partial charge is 0.256 e. The second kappa shape index (κ2) is 6.11. The standard InChI is InChI=1S/C12H14F2N2O.ClH/c1-16(9-4-5-15-7-9)12(17)10-3-2-8(13)6-11(10)14;/h2-3,6,9,15H,4-5,7H2,1H3;1H/t9-;/m1./s1. The number of carbonyl (C=O) groups excluding carboxylic acids is 1. The molecule has 1 aromatic rings. The molecule has 1 heterocycles. The number of hydrogen-bond donors (Lipinski definition) is 1. The van der Waals surface area contributed by atoms with E-state index in [1.165, 1.54) is 11.0 Å². The molecule has 0 saturated carbocycles. The number of carbonyl (C=O) groups is 1. The van der Waals surface area contributed by atoms with E-state index in [9.17, 15) is 13.6 Å². The summed E-state index contributed by atoms with van der Waals surface area (Å²) in [5.41, 5.74) is -0.0826. The van der Waals surface area contributed by atoms with E-state index in [1.54, 1.807) is 7.05 Å². The van der Waals surface area contributed by atoms with Gasteiger partial charge in [-0.15, -0.1) is 12.4 Å². The van der Waals surface area contributed by atoms with Gasteiger partial charge in [0.05, 0.1) is 5.56 Å². The topological polar surface area (TPSA) is 32.3 Å². The van der Waals surface area contributed by atoms with Crippen molar-refractivity contribution >= 4 is 18.3 Å². The molecule has 1 aromatic carbocycles. The van der Waals surface area contributed by atoms with Crippen LogP contribution in [0.25, 0.3) is 0 Å². The van der Waals surface area contributed by atoms with Crippen LogP contribution >= 0.6 is 12.4 Å². The highest BCUT2D eigenvalue weighted by Gasteiger charge is 2.25. The van der Waals surface area contributed by atoms with Crippen LogP contribution in [0.15, 0.2) is 18.2 Å². The molecule has 2 rings (SSSR count). The molecule has 0 unspecified atom stereocenters. The number of nitrogens with zero attached hydrogens (tertiary/aromatic N) is 1. The van der Waals surface area contributed by atoms with Gasteiger partial charge in [0.2, 0.25) is 0 Å². The summed E-state index contributed by atoms with van der Waals surface area (Å²) in [4.78, 5) is 13.5. The molecule has 1 aliphatic heterocycles. The van der Waals surface area contributed by atoms with Crippen LogP contribution in [0.5, 0.6) is 0 Å². The van der Waals surface area contributed by atoms with Crippen LogP contribution < -0.4 is 5.32 Å². The molecule has 0 aliphatic carbocycles. The minimum Gasteiger partial charge on any atom is -0.337 e. The van der Waals surface area contributed by atoms with Gasteiger partial charge in [-0.1, -0.05) is 0 Å². The van der Waals surface area contributed by atoms with E-state index in [4.69, 9.17) is 0 Å². The van der Waals surface area contributed by atoms with Gasteiger partial charge < -0.3 is 10.2 Å². The lowest BCUT2D eigenvalue weighted by Gasteiger charge is -2.23. The van der Waals surface area contributed by atoms with E-state index in [-0.39, 0.29) is 24.0 Å². The first-order chi connectivity index (χ1) is 8.09. The Labute approximate surface area is 111 Å². The lowest BCUT2D eigenvalue weighted by Crippen LogP contribution is -2.38. The molecule has 3 nitrogen and oxygen atoms in total. The van der Waals surface area contributed by atoms with Crippen LogP contribution in [0.2, 0.25) is 0 Å². The van der Waals surface area contributed by atoms with Crippen LogP contribution in [0.3, 0.4) is 0 Å². The summed E-state index contributed by atoms with van der Waals surface area (Å²) in [6, 6.07) is 3.09. The van der Waals surface area contributed by atoms with Gasteiger partial charge >= 0.3 is 0 Å². The molecular formula is C12H15ClF2N2O. The predicted octanol–water partition coefficient (Wildman–Crippen LogP) is 1.82. The zero-order chi connectivity index (χ0) is 12.4. The molecule has 1 amide bonds. The molecule has 100 valence electrons. The van der Waals surface area contributed by atoms with Gasteiger partial charge in [0.25, 0.3) is 5.91 Å². The predicted molar refractivity (Wildman–Crippen MR) is 67.0 cm³/mol. The van der Waals surface area contributed by atoms with Crippen molar-refractivity contribution in [2.45, 2.75) is 12.5 Å². The first kappa shape index (κ1) is 14.9. The first-order valence-electron chi connectivity index (χ1n) is 5.52. The summed E-state index contributed by atoms with van der Waals surface area (Å²) in [5, 5.41) is 3.14. The van der Waals surface area contributed by atoms with Crippen LogP contribution in [0.4, 0.5) is 8.78 Å². The van der Waals surface area contributed by atoms with Gasteiger partial charge in [-0.05, 0) is 25.1 Å². The van der Waals surface area contributed by atoms with Crippen LogP contribution in [0.1, 0.15) is 16.8 Å². The molecule has 0 spiro atoms. The van der Waals surface area contributed by atoms with Crippen molar-refractivity contribution in [2.24, 2.45) is 0 Å². The van der Waals surface area contributed by atoms with Crippen molar-refractivity contribution in [1.82, 2.24) is 10.2 Å². The Morgan fingerprint density at radius 1 is 1.44 bits per heavy atom. The van der Waals surface area contributed by atoms with E-state index in [0.29, 0.717) is 6.54 Å². The maximum Gasteiger partial charge on any atom is 0.256 e. The molecule has 18 heavy (non-hydrogen) atoms. The largest absolute Gasteiger partial charge is 0.337 e. The van der Waals surface area contributed by atoms with E-state index in [0.717, 1.165) is 25.1 Å². The van der Waals surface area contributed by atoms with Crippen molar-refractivity contribution in [3.8, 4) is 0 Å². The Hall–Kier alpha value is -1.20. The van der Waals surface area contributed by atoms with Crippen molar-refractivity contribution in [3.05, 3.63) is 35.4 Å². The molecule has 0 bridgehead atoms. The second-order valence-corrected chi connectivity index (χ2v) is 4.19. The minimum absolute atomic E-state index is 0. The summed E-state index contributed by atoms with van der Waals surface area (Å²) in [6.45, 7) is 1.57. The average molecular weight is 277 g/mol. The van der Waals surface area contributed by atoms with Crippen molar-refractivity contribution in [2.75, 3.05) is 20.1 Å². The summed E-state index contributed by atoms with van der Waals surface area (Å²) in [6.07, 6.45) is 0.852. The molecule has 0 radical (unpaired) electrons. The number of likely N-dealkylation sites (N-methyl/N-ethyl adjacent to an activating group) is 1. The van der Waals surface area contributed by atoms with Crippen LogP contribution in [-0.4, -0.2) is 37.0 Å². The van der Waals surface area contributed by atoms with E-state index >= 15 is 0 Å². The maximum atomic E-state index is 13.4. The van der Waals surface area contributed by atoms with Gasteiger partial charge in [-0.2, -0.15) is 0 Å². The minimum atomic E-state index is -0.812. The highest BCUT2D eigenvalue weighted by Crippen LogP contribution is 2.15. The van der Waals surface area contributed by atoms with Gasteiger partial charge in [0, 0.05) is 25.7 Å². The fourth-order valence-corrected chi connectivity index (χ4v) is 1.99. The number of rotatable bonds is 2. The van der Waals surface area contributed by atoms with Crippen molar-refractivity contribution in [1.29, 1.82) is 0 Å². The Bertz CT molecular complexity index is 436. The molecule has 1 saturated heterocycles. The molecule has 6 heteroatoms. The normalized spacial score (nSPS) is 18.3. The van der Waals surface area contributed by atoms with Crippen molar-refractivity contribution < 1.29 is 13.6 Å². The zero-order valence-electron chi connectivity index (χ0n) is 9.95. The van der Waals surface area contributed by atoms with E-state index in [2.05, 4.69) is 5.32 Å². The third kappa shape index (κ3) is 2.97.